The summed E-state index contributed by atoms with van der Waals surface area (Å²) >= 11 is 11.7. The molecule has 0 aliphatic rings. The summed E-state index contributed by atoms with van der Waals surface area (Å²) in [6.07, 6.45) is 0. The van der Waals surface area contributed by atoms with Crippen molar-refractivity contribution in [3.63, 3.8) is 0 Å². The van der Waals surface area contributed by atoms with Gasteiger partial charge in [-0.1, -0.05) is 23.2 Å². The molecule has 26 heavy (non-hydrogen) atoms. The Kier molecular flexibility index (Phi) is 7.12. The zero-order chi connectivity index (χ0) is 19.1. The Bertz CT molecular complexity index is 810. The Labute approximate surface area is 160 Å². The van der Waals surface area contributed by atoms with Crippen LogP contribution in [0.15, 0.2) is 36.4 Å². The molecule has 2 aromatic carbocycles. The molecule has 1 amide bonds. The van der Waals surface area contributed by atoms with E-state index in [4.69, 9.17) is 37.4 Å². The Morgan fingerprint density at radius 3 is 2.42 bits per heavy atom. The number of carbonyl (C=O) groups excluding carboxylic acids is 2. The van der Waals surface area contributed by atoms with Gasteiger partial charge >= 0.3 is 5.97 Å². The number of halogens is 2. The number of methoxy groups -OCH3 is 2. The molecule has 0 radical (unpaired) electrons. The molecule has 0 saturated heterocycles. The smallest absolute Gasteiger partial charge is 0.325 e. The molecule has 0 atom stereocenters. The fraction of sp³-hybridized carbons (Fsp3) is 0.222. The first-order valence-corrected chi connectivity index (χ1v) is 8.30. The average molecular weight is 398 g/mol. The van der Waals surface area contributed by atoms with Crippen LogP contribution in [0.25, 0.3) is 0 Å². The largest absolute Gasteiger partial charge is 0.497 e. The van der Waals surface area contributed by atoms with E-state index in [1.807, 2.05) is 0 Å². The second-order valence-electron chi connectivity index (χ2n) is 5.15. The first-order chi connectivity index (χ1) is 12.4. The maximum Gasteiger partial charge on any atom is 0.325 e. The second kappa shape index (κ2) is 9.31. The van der Waals surface area contributed by atoms with Crippen molar-refractivity contribution in [1.82, 2.24) is 5.32 Å². The van der Waals surface area contributed by atoms with Gasteiger partial charge in [0, 0.05) is 11.1 Å². The van der Waals surface area contributed by atoms with Crippen molar-refractivity contribution in [2.24, 2.45) is 0 Å². The SMILES string of the molecule is COc1ccc(OC)c(COC(=O)CNC(=O)c2ccc(Cl)c(Cl)c2)c1. The number of hydrogen-bond donors (Lipinski definition) is 1. The highest BCUT2D eigenvalue weighted by Gasteiger charge is 2.12. The van der Waals surface area contributed by atoms with Gasteiger partial charge in [0.25, 0.3) is 5.91 Å². The Morgan fingerprint density at radius 2 is 1.77 bits per heavy atom. The summed E-state index contributed by atoms with van der Waals surface area (Å²) in [5.74, 6) is 0.131. The van der Waals surface area contributed by atoms with E-state index < -0.39 is 11.9 Å². The van der Waals surface area contributed by atoms with Crippen LogP contribution in [0.4, 0.5) is 0 Å². The molecule has 0 saturated carbocycles. The van der Waals surface area contributed by atoms with Crippen LogP contribution in [-0.4, -0.2) is 32.6 Å². The number of esters is 1. The van der Waals surface area contributed by atoms with E-state index in [1.54, 1.807) is 18.2 Å². The van der Waals surface area contributed by atoms with E-state index in [2.05, 4.69) is 5.32 Å². The molecule has 0 spiro atoms. The Hall–Kier alpha value is -2.44. The molecule has 0 aliphatic carbocycles. The third kappa shape index (κ3) is 5.28. The number of ether oxygens (including phenoxy) is 3. The predicted molar refractivity (Wildman–Crippen MR) is 98.1 cm³/mol. The molecule has 0 aliphatic heterocycles. The van der Waals surface area contributed by atoms with Crippen molar-refractivity contribution >= 4 is 35.1 Å². The summed E-state index contributed by atoms with van der Waals surface area (Å²) in [6, 6.07) is 9.60. The quantitative estimate of drug-likeness (QED) is 0.723. The minimum atomic E-state index is -0.594. The highest BCUT2D eigenvalue weighted by molar-refractivity contribution is 6.42. The first kappa shape index (κ1) is 19.9. The number of benzene rings is 2. The van der Waals surface area contributed by atoms with E-state index in [-0.39, 0.29) is 18.2 Å². The van der Waals surface area contributed by atoms with Gasteiger partial charge in [0.15, 0.2) is 0 Å². The summed E-state index contributed by atoms with van der Waals surface area (Å²) in [6.45, 7) is -0.298. The normalized spacial score (nSPS) is 10.2. The van der Waals surface area contributed by atoms with Gasteiger partial charge in [-0.05, 0) is 36.4 Å². The summed E-state index contributed by atoms with van der Waals surface area (Å²) < 4.78 is 15.5. The van der Waals surface area contributed by atoms with Gasteiger partial charge in [0.05, 0.1) is 24.3 Å². The van der Waals surface area contributed by atoms with Gasteiger partial charge in [-0.3, -0.25) is 9.59 Å². The molecule has 2 aromatic rings. The minimum absolute atomic E-state index is 0.0121. The first-order valence-electron chi connectivity index (χ1n) is 7.54. The van der Waals surface area contributed by atoms with Crippen molar-refractivity contribution < 1.29 is 23.8 Å². The lowest BCUT2D eigenvalue weighted by Crippen LogP contribution is -2.30. The Balaban J connectivity index is 1.89. The molecule has 0 fully saturated rings. The van der Waals surface area contributed by atoms with Gasteiger partial charge in [-0.25, -0.2) is 0 Å². The van der Waals surface area contributed by atoms with Crippen LogP contribution in [-0.2, 0) is 16.1 Å². The topological polar surface area (TPSA) is 73.9 Å². The molecule has 0 bridgehead atoms. The van der Waals surface area contributed by atoms with E-state index >= 15 is 0 Å². The molecule has 0 aromatic heterocycles. The van der Waals surface area contributed by atoms with Crippen LogP contribution in [0.1, 0.15) is 15.9 Å². The number of hydrogen-bond acceptors (Lipinski definition) is 5. The molecular formula is C18H17Cl2NO5. The van der Waals surface area contributed by atoms with Crippen LogP contribution in [0.3, 0.4) is 0 Å². The zero-order valence-corrected chi connectivity index (χ0v) is 15.7. The van der Waals surface area contributed by atoms with Crippen molar-refractivity contribution in [2.45, 2.75) is 6.61 Å². The van der Waals surface area contributed by atoms with Gasteiger partial charge in [0.1, 0.15) is 24.7 Å². The molecule has 1 N–H and O–H groups in total. The third-order valence-electron chi connectivity index (χ3n) is 3.45. The fourth-order valence-corrected chi connectivity index (χ4v) is 2.39. The zero-order valence-electron chi connectivity index (χ0n) is 14.2. The molecule has 138 valence electrons. The average Bonchev–Trinajstić information content (AvgIpc) is 2.66. The lowest BCUT2D eigenvalue weighted by atomic mass is 10.2. The number of carbonyl (C=O) groups is 2. The molecule has 8 heteroatoms. The van der Waals surface area contributed by atoms with E-state index in [1.165, 1.54) is 32.4 Å². The van der Waals surface area contributed by atoms with Crippen molar-refractivity contribution in [2.75, 3.05) is 20.8 Å². The lowest BCUT2D eigenvalue weighted by Gasteiger charge is -2.11. The fourth-order valence-electron chi connectivity index (χ4n) is 2.10. The minimum Gasteiger partial charge on any atom is -0.497 e. The van der Waals surface area contributed by atoms with Gasteiger partial charge in [-0.15, -0.1) is 0 Å². The maximum atomic E-state index is 12.0. The lowest BCUT2D eigenvalue weighted by molar-refractivity contribution is -0.143. The Morgan fingerprint density at radius 1 is 1.00 bits per heavy atom. The van der Waals surface area contributed by atoms with Crippen LogP contribution < -0.4 is 14.8 Å². The number of nitrogens with one attached hydrogen (secondary N) is 1. The van der Waals surface area contributed by atoms with Gasteiger partial charge in [0.2, 0.25) is 0 Å². The number of amides is 1. The molecule has 0 heterocycles. The highest BCUT2D eigenvalue weighted by atomic mass is 35.5. The number of rotatable bonds is 7. The van der Waals surface area contributed by atoms with Gasteiger partial charge in [-0.2, -0.15) is 0 Å². The van der Waals surface area contributed by atoms with Gasteiger partial charge < -0.3 is 19.5 Å². The summed E-state index contributed by atoms with van der Waals surface area (Å²) in [5.41, 5.74) is 0.942. The second-order valence-corrected chi connectivity index (χ2v) is 5.96. The van der Waals surface area contributed by atoms with Crippen LogP contribution >= 0.6 is 23.2 Å². The van der Waals surface area contributed by atoms with Crippen molar-refractivity contribution in [1.29, 1.82) is 0 Å². The van der Waals surface area contributed by atoms with E-state index in [0.717, 1.165) is 0 Å². The molecule has 2 rings (SSSR count). The third-order valence-corrected chi connectivity index (χ3v) is 4.19. The van der Waals surface area contributed by atoms with Crippen molar-refractivity contribution in [3.8, 4) is 11.5 Å². The molecular weight excluding hydrogens is 381 g/mol. The summed E-state index contributed by atoms with van der Waals surface area (Å²) in [4.78, 5) is 23.9. The highest BCUT2D eigenvalue weighted by Crippen LogP contribution is 2.25. The predicted octanol–water partition coefficient (Wildman–Crippen LogP) is 3.48. The summed E-state index contributed by atoms with van der Waals surface area (Å²) in [5, 5.41) is 3.06. The van der Waals surface area contributed by atoms with Crippen LogP contribution in [0.2, 0.25) is 10.0 Å². The standard InChI is InChI=1S/C18H17Cl2NO5/c1-24-13-4-6-16(25-2)12(7-13)10-26-17(22)9-21-18(23)11-3-5-14(19)15(20)8-11/h3-8H,9-10H2,1-2H3,(H,21,23). The summed E-state index contributed by atoms with van der Waals surface area (Å²) in [7, 11) is 3.06. The monoisotopic (exact) mass is 397 g/mol. The maximum absolute atomic E-state index is 12.0. The molecule has 0 unspecified atom stereocenters. The van der Waals surface area contributed by atoms with Crippen LogP contribution in [0, 0.1) is 0 Å². The van der Waals surface area contributed by atoms with E-state index in [0.29, 0.717) is 27.6 Å². The van der Waals surface area contributed by atoms with Crippen LogP contribution in [0.5, 0.6) is 11.5 Å². The van der Waals surface area contributed by atoms with Crippen molar-refractivity contribution in [3.05, 3.63) is 57.6 Å². The van der Waals surface area contributed by atoms with E-state index in [9.17, 15) is 9.59 Å². The molecule has 6 nitrogen and oxygen atoms in total.